The number of carbonyl (C=O) groups excluding carboxylic acids is 1. The molecule has 28 heavy (non-hydrogen) atoms. The second-order valence-corrected chi connectivity index (χ2v) is 5.60. The Bertz CT molecular complexity index is 1040. The van der Waals surface area contributed by atoms with E-state index in [1.165, 1.54) is 18.2 Å². The minimum Gasteiger partial charge on any atom is -0.340 e. The molecule has 1 heterocycles. The van der Waals surface area contributed by atoms with E-state index in [2.05, 4.69) is 20.6 Å². The maximum absolute atomic E-state index is 12.6. The normalized spacial score (nSPS) is 10.8. The van der Waals surface area contributed by atoms with E-state index in [1.807, 2.05) is 6.07 Å². The van der Waals surface area contributed by atoms with Gasteiger partial charge in [0.15, 0.2) is 0 Å². The van der Waals surface area contributed by atoms with Crippen molar-refractivity contribution in [2.45, 2.75) is 6.18 Å². The van der Waals surface area contributed by atoms with Gasteiger partial charge in [-0.25, -0.2) is 9.97 Å². The van der Waals surface area contributed by atoms with Crippen LogP contribution < -0.4 is 10.6 Å². The fourth-order valence-electron chi connectivity index (χ4n) is 2.32. The zero-order valence-electron chi connectivity index (χ0n) is 14.2. The van der Waals surface area contributed by atoms with Gasteiger partial charge >= 0.3 is 6.18 Å². The Morgan fingerprint density at radius 2 is 1.75 bits per heavy atom. The lowest BCUT2D eigenvalue weighted by Crippen LogP contribution is -2.15. The van der Waals surface area contributed by atoms with Gasteiger partial charge < -0.3 is 10.6 Å². The van der Waals surface area contributed by atoms with Gasteiger partial charge in [0.2, 0.25) is 0 Å². The van der Waals surface area contributed by atoms with Crippen molar-refractivity contribution in [1.29, 1.82) is 5.26 Å². The van der Waals surface area contributed by atoms with E-state index in [4.69, 9.17) is 5.26 Å². The Hall–Kier alpha value is -3.93. The Balaban J connectivity index is 1.75. The zero-order valence-corrected chi connectivity index (χ0v) is 14.2. The van der Waals surface area contributed by atoms with Gasteiger partial charge in [-0.1, -0.05) is 12.1 Å². The smallest absolute Gasteiger partial charge is 0.340 e. The number of alkyl halides is 3. The highest BCUT2D eigenvalue weighted by Crippen LogP contribution is 2.30. The van der Waals surface area contributed by atoms with E-state index in [-0.39, 0.29) is 11.5 Å². The van der Waals surface area contributed by atoms with Crippen LogP contribution in [0.1, 0.15) is 21.6 Å². The molecule has 0 unspecified atom stereocenters. The van der Waals surface area contributed by atoms with Crippen LogP contribution in [0.4, 0.5) is 30.4 Å². The average molecular weight is 383 g/mol. The number of carbonyl (C=O) groups is 1. The van der Waals surface area contributed by atoms with Gasteiger partial charge in [0.1, 0.15) is 23.9 Å². The van der Waals surface area contributed by atoms with Crippen LogP contribution in [0.2, 0.25) is 0 Å². The lowest BCUT2D eigenvalue weighted by molar-refractivity contribution is -0.137. The molecule has 0 aliphatic rings. The number of benzene rings is 2. The van der Waals surface area contributed by atoms with Crippen LogP contribution in [0.5, 0.6) is 0 Å². The van der Waals surface area contributed by atoms with Crippen molar-refractivity contribution in [1.82, 2.24) is 9.97 Å². The second kappa shape index (κ2) is 7.75. The van der Waals surface area contributed by atoms with Gasteiger partial charge in [-0.05, 0) is 36.4 Å². The third-order valence-corrected chi connectivity index (χ3v) is 3.68. The van der Waals surface area contributed by atoms with Gasteiger partial charge in [0.05, 0.1) is 16.8 Å². The number of amides is 1. The number of hydrogen-bond donors (Lipinski definition) is 2. The summed E-state index contributed by atoms with van der Waals surface area (Å²) < 4.78 is 37.8. The van der Waals surface area contributed by atoms with Gasteiger partial charge in [0.25, 0.3) is 5.91 Å². The lowest BCUT2D eigenvalue weighted by Gasteiger charge is -2.10. The summed E-state index contributed by atoms with van der Waals surface area (Å²) in [6.07, 6.45) is -3.27. The second-order valence-electron chi connectivity index (χ2n) is 5.60. The maximum atomic E-state index is 12.6. The van der Waals surface area contributed by atoms with Gasteiger partial charge in [0, 0.05) is 11.8 Å². The highest BCUT2D eigenvalue weighted by molar-refractivity contribution is 6.03. The number of rotatable bonds is 4. The largest absolute Gasteiger partial charge is 0.416 e. The summed E-state index contributed by atoms with van der Waals surface area (Å²) in [4.78, 5) is 20.2. The van der Waals surface area contributed by atoms with E-state index in [0.29, 0.717) is 16.9 Å². The lowest BCUT2D eigenvalue weighted by atomic mass is 10.2. The number of halogens is 3. The Morgan fingerprint density at radius 1 is 1.04 bits per heavy atom. The number of nitrogens with one attached hydrogen (secondary N) is 2. The van der Waals surface area contributed by atoms with Crippen LogP contribution in [0.15, 0.2) is 60.9 Å². The molecule has 0 saturated carbocycles. The van der Waals surface area contributed by atoms with E-state index < -0.39 is 17.6 Å². The molecule has 0 aliphatic carbocycles. The molecule has 3 rings (SSSR count). The number of anilines is 3. The van der Waals surface area contributed by atoms with E-state index >= 15 is 0 Å². The van der Waals surface area contributed by atoms with Gasteiger partial charge in [-0.15, -0.1) is 0 Å². The van der Waals surface area contributed by atoms with Crippen molar-refractivity contribution >= 4 is 23.1 Å². The first-order valence-corrected chi connectivity index (χ1v) is 7.93. The van der Waals surface area contributed by atoms with Crippen LogP contribution >= 0.6 is 0 Å². The molecule has 0 aliphatic heterocycles. The number of hydrogen-bond acceptors (Lipinski definition) is 5. The van der Waals surface area contributed by atoms with Crippen LogP contribution in [0, 0.1) is 11.3 Å². The van der Waals surface area contributed by atoms with Crippen LogP contribution in [0.3, 0.4) is 0 Å². The molecule has 9 heteroatoms. The predicted octanol–water partition coefficient (Wildman–Crippen LogP) is 4.36. The predicted molar refractivity (Wildman–Crippen MR) is 95.9 cm³/mol. The average Bonchev–Trinajstić information content (AvgIpc) is 2.68. The summed E-state index contributed by atoms with van der Waals surface area (Å²) in [5, 5.41) is 14.5. The van der Waals surface area contributed by atoms with E-state index in [0.717, 1.165) is 18.5 Å². The molecular formula is C19H12F3N5O. The summed E-state index contributed by atoms with van der Waals surface area (Å²) in [6, 6.07) is 14.2. The summed E-state index contributed by atoms with van der Waals surface area (Å²) >= 11 is 0. The first-order valence-electron chi connectivity index (χ1n) is 7.93. The molecule has 0 bridgehead atoms. The molecule has 0 fully saturated rings. The molecule has 2 aromatic carbocycles. The molecule has 0 atom stereocenters. The molecule has 2 N–H and O–H groups in total. The minimum absolute atomic E-state index is 0.0251. The van der Waals surface area contributed by atoms with Crippen molar-refractivity contribution in [3.05, 3.63) is 77.7 Å². The molecule has 6 nitrogen and oxygen atoms in total. The van der Waals surface area contributed by atoms with E-state index in [9.17, 15) is 18.0 Å². The molecule has 140 valence electrons. The first-order chi connectivity index (χ1) is 13.4. The monoisotopic (exact) mass is 383 g/mol. The Morgan fingerprint density at radius 3 is 2.43 bits per heavy atom. The number of para-hydroxylation sites is 1. The van der Waals surface area contributed by atoms with Gasteiger partial charge in [-0.3, -0.25) is 4.79 Å². The summed E-state index contributed by atoms with van der Waals surface area (Å²) in [7, 11) is 0. The minimum atomic E-state index is -4.42. The van der Waals surface area contributed by atoms with Crippen LogP contribution in [-0.2, 0) is 6.18 Å². The summed E-state index contributed by atoms with van der Waals surface area (Å²) in [5.41, 5.74) is 0.265. The fraction of sp³-hybridized carbons (Fsp3) is 0.0526. The van der Waals surface area contributed by atoms with Crippen LogP contribution in [0.25, 0.3) is 0 Å². The quantitative estimate of drug-likeness (QED) is 0.698. The zero-order chi connectivity index (χ0) is 20.1. The van der Waals surface area contributed by atoms with Crippen molar-refractivity contribution < 1.29 is 18.0 Å². The number of aromatic nitrogens is 2. The van der Waals surface area contributed by atoms with Crippen LogP contribution in [-0.4, -0.2) is 15.9 Å². The molecule has 0 radical (unpaired) electrons. The van der Waals surface area contributed by atoms with Crippen molar-refractivity contribution in [3.8, 4) is 6.07 Å². The topological polar surface area (TPSA) is 90.7 Å². The summed E-state index contributed by atoms with van der Waals surface area (Å²) in [5.74, 6) is -0.325. The van der Waals surface area contributed by atoms with Crippen molar-refractivity contribution in [2.75, 3.05) is 10.6 Å². The number of nitrogens with zero attached hydrogens (tertiary/aromatic N) is 3. The molecular weight excluding hydrogens is 371 g/mol. The van der Waals surface area contributed by atoms with E-state index in [1.54, 1.807) is 24.3 Å². The third kappa shape index (κ3) is 4.42. The maximum Gasteiger partial charge on any atom is 0.416 e. The Labute approximate surface area is 157 Å². The molecule has 0 saturated heterocycles. The van der Waals surface area contributed by atoms with Crippen molar-refractivity contribution in [3.63, 3.8) is 0 Å². The molecule has 3 aromatic rings. The fourth-order valence-corrected chi connectivity index (χ4v) is 2.32. The molecule has 1 amide bonds. The highest BCUT2D eigenvalue weighted by atomic mass is 19.4. The third-order valence-electron chi connectivity index (χ3n) is 3.68. The van der Waals surface area contributed by atoms with Gasteiger partial charge in [-0.2, -0.15) is 18.4 Å². The SMILES string of the molecule is N#Cc1ccccc1NC(=O)c1cc(Nc2ccc(C(F)(F)F)cc2)ncn1. The van der Waals surface area contributed by atoms with Crippen molar-refractivity contribution in [2.24, 2.45) is 0 Å². The number of nitriles is 1. The highest BCUT2D eigenvalue weighted by Gasteiger charge is 2.29. The Kier molecular flexibility index (Phi) is 5.22. The standard InChI is InChI=1S/C19H12F3N5O/c20-19(21,22)13-5-7-14(8-6-13)26-17-9-16(24-11-25-17)18(28)27-15-4-2-1-3-12(15)10-23/h1-9,11H,(H,27,28)(H,24,25,26). The molecule has 0 spiro atoms. The first kappa shape index (κ1) is 18.8. The summed E-state index contributed by atoms with van der Waals surface area (Å²) in [6.45, 7) is 0. The molecule has 1 aromatic heterocycles.